The molecule has 0 saturated carbocycles. The van der Waals surface area contributed by atoms with Gasteiger partial charge in [0.05, 0.1) is 5.56 Å². The van der Waals surface area contributed by atoms with Crippen molar-refractivity contribution in [3.63, 3.8) is 0 Å². The van der Waals surface area contributed by atoms with Crippen LogP contribution in [0.15, 0.2) is 41.0 Å². The van der Waals surface area contributed by atoms with E-state index in [1.807, 2.05) is 0 Å². The largest absolute Gasteiger partial charge is 0.504 e. The highest BCUT2D eigenvalue weighted by Crippen LogP contribution is 2.22. The topological polar surface area (TPSA) is 62.2 Å². The number of carbonyl (C=O) groups is 1. The Morgan fingerprint density at radius 2 is 2.17 bits per heavy atom. The number of hydrogen-bond acceptors (Lipinski definition) is 3. The predicted octanol–water partition coefficient (Wildman–Crippen LogP) is 2.94. The summed E-state index contributed by atoms with van der Waals surface area (Å²) in [5.41, 5.74) is 0.251. The van der Waals surface area contributed by atoms with Crippen molar-refractivity contribution < 1.29 is 14.3 Å². The van der Waals surface area contributed by atoms with Crippen molar-refractivity contribution in [3.8, 4) is 5.75 Å². The van der Waals surface area contributed by atoms with Gasteiger partial charge in [0, 0.05) is 10.7 Å². The summed E-state index contributed by atoms with van der Waals surface area (Å²) in [5, 5.41) is 11.9. The van der Waals surface area contributed by atoms with Crippen molar-refractivity contribution in [2.24, 2.45) is 0 Å². The van der Waals surface area contributed by atoms with Gasteiger partial charge in [0.25, 0.3) is 5.91 Å². The summed E-state index contributed by atoms with van der Waals surface area (Å²) in [6.45, 7) is 0. The van der Waals surface area contributed by atoms with E-state index in [2.05, 4.69) is 26.2 Å². The van der Waals surface area contributed by atoms with E-state index in [0.29, 0.717) is 4.47 Å². The number of nitrogens with one attached hydrogen (secondary N) is 1. The fourth-order valence-electron chi connectivity index (χ4n) is 1.34. The molecular weight excluding hydrogens is 303 g/mol. The van der Waals surface area contributed by atoms with Crippen LogP contribution in [0.3, 0.4) is 0 Å². The summed E-state index contributed by atoms with van der Waals surface area (Å²) in [7, 11) is 0. The minimum Gasteiger partial charge on any atom is -0.504 e. The molecule has 0 saturated heterocycles. The van der Waals surface area contributed by atoms with E-state index < -0.39 is 11.7 Å². The summed E-state index contributed by atoms with van der Waals surface area (Å²) in [5.74, 6) is -1.02. The van der Waals surface area contributed by atoms with Gasteiger partial charge in [0.1, 0.15) is 5.82 Å². The minimum absolute atomic E-state index is 0.0544. The Balaban J connectivity index is 2.25. The number of amides is 1. The van der Waals surface area contributed by atoms with Gasteiger partial charge in [-0.2, -0.15) is 0 Å². The number of nitrogens with zero attached hydrogens (tertiary/aromatic N) is 1. The Morgan fingerprint density at radius 3 is 2.83 bits per heavy atom. The summed E-state index contributed by atoms with van der Waals surface area (Å²) in [4.78, 5) is 15.7. The molecule has 0 radical (unpaired) electrons. The lowest BCUT2D eigenvalue weighted by atomic mass is 10.2. The van der Waals surface area contributed by atoms with Crippen LogP contribution >= 0.6 is 15.9 Å². The lowest BCUT2D eigenvalue weighted by molar-refractivity contribution is 0.102. The summed E-state index contributed by atoms with van der Waals surface area (Å²) in [6, 6.07) is 6.65. The normalized spacial score (nSPS) is 10.1. The molecule has 6 heteroatoms. The van der Waals surface area contributed by atoms with Gasteiger partial charge < -0.3 is 10.4 Å². The first-order valence-corrected chi connectivity index (χ1v) is 5.77. The molecule has 1 heterocycles. The highest BCUT2D eigenvalue weighted by atomic mass is 79.9. The van der Waals surface area contributed by atoms with E-state index in [9.17, 15) is 14.3 Å². The van der Waals surface area contributed by atoms with Crippen molar-refractivity contribution in [1.29, 1.82) is 0 Å². The Labute approximate surface area is 111 Å². The zero-order valence-corrected chi connectivity index (χ0v) is 10.6. The smallest absolute Gasteiger partial charge is 0.258 e. The number of halogens is 2. The van der Waals surface area contributed by atoms with Gasteiger partial charge in [0.2, 0.25) is 0 Å². The molecule has 0 aliphatic rings. The molecule has 1 amide bonds. The molecule has 92 valence electrons. The molecule has 1 aromatic heterocycles. The number of anilines is 1. The van der Waals surface area contributed by atoms with Gasteiger partial charge >= 0.3 is 0 Å². The average molecular weight is 311 g/mol. The molecule has 0 unspecified atom stereocenters. The zero-order valence-electron chi connectivity index (χ0n) is 9.02. The number of hydrogen-bond donors (Lipinski definition) is 2. The van der Waals surface area contributed by atoms with Crippen LogP contribution in [-0.2, 0) is 0 Å². The molecule has 0 aliphatic heterocycles. The van der Waals surface area contributed by atoms with Gasteiger partial charge in [-0.3, -0.25) is 4.79 Å². The molecule has 4 nitrogen and oxygen atoms in total. The van der Waals surface area contributed by atoms with Crippen LogP contribution in [0.25, 0.3) is 0 Å². The van der Waals surface area contributed by atoms with Gasteiger partial charge in [-0.05, 0) is 46.3 Å². The molecule has 0 aliphatic carbocycles. The van der Waals surface area contributed by atoms with E-state index >= 15 is 0 Å². The minimum atomic E-state index is -0.490. The van der Waals surface area contributed by atoms with E-state index in [-0.39, 0.29) is 17.1 Å². The van der Waals surface area contributed by atoms with Crippen LogP contribution in [0.5, 0.6) is 5.75 Å². The first-order chi connectivity index (χ1) is 8.58. The van der Waals surface area contributed by atoms with Crippen LogP contribution in [0.4, 0.5) is 10.2 Å². The third-order valence-electron chi connectivity index (χ3n) is 2.19. The van der Waals surface area contributed by atoms with E-state index in [4.69, 9.17) is 0 Å². The number of benzene rings is 1. The van der Waals surface area contributed by atoms with Crippen LogP contribution in [0, 0.1) is 5.82 Å². The quantitative estimate of drug-likeness (QED) is 0.896. The molecule has 0 atom stereocenters. The Bertz CT molecular complexity index is 604. The molecule has 18 heavy (non-hydrogen) atoms. The van der Waals surface area contributed by atoms with Crippen molar-refractivity contribution >= 4 is 27.7 Å². The van der Waals surface area contributed by atoms with E-state index in [1.165, 1.54) is 30.5 Å². The summed E-state index contributed by atoms with van der Waals surface area (Å²) >= 11 is 3.10. The van der Waals surface area contributed by atoms with Gasteiger partial charge in [-0.1, -0.05) is 0 Å². The first-order valence-electron chi connectivity index (χ1n) is 4.98. The first kappa shape index (κ1) is 12.5. The molecule has 2 N–H and O–H groups in total. The Kier molecular flexibility index (Phi) is 3.57. The van der Waals surface area contributed by atoms with Gasteiger partial charge in [0.15, 0.2) is 11.6 Å². The van der Waals surface area contributed by atoms with Crippen LogP contribution in [-0.4, -0.2) is 16.0 Å². The molecule has 0 spiro atoms. The molecule has 0 bridgehead atoms. The van der Waals surface area contributed by atoms with Gasteiger partial charge in [-0.15, -0.1) is 0 Å². The highest BCUT2D eigenvalue weighted by Gasteiger charge is 2.13. The third-order valence-corrected chi connectivity index (χ3v) is 2.85. The molecule has 2 aromatic rings. The van der Waals surface area contributed by atoms with Crippen LogP contribution < -0.4 is 5.32 Å². The lowest BCUT2D eigenvalue weighted by Gasteiger charge is -2.07. The molecule has 1 aromatic carbocycles. The molecular formula is C12H8BrFN2O2. The number of pyridine rings is 1. The maximum atomic E-state index is 12.9. The number of aromatic hydroxyl groups is 1. The predicted molar refractivity (Wildman–Crippen MR) is 68.0 cm³/mol. The lowest BCUT2D eigenvalue weighted by Crippen LogP contribution is -2.13. The van der Waals surface area contributed by atoms with Crippen molar-refractivity contribution in [3.05, 3.63) is 52.4 Å². The third kappa shape index (κ3) is 2.65. The van der Waals surface area contributed by atoms with Crippen molar-refractivity contribution in [2.45, 2.75) is 0 Å². The fraction of sp³-hybridized carbons (Fsp3) is 0. The monoisotopic (exact) mass is 310 g/mol. The summed E-state index contributed by atoms with van der Waals surface area (Å²) in [6.07, 6.45) is 1.44. The van der Waals surface area contributed by atoms with E-state index in [0.717, 1.165) is 0 Å². The average Bonchev–Trinajstić information content (AvgIpc) is 2.32. The van der Waals surface area contributed by atoms with Crippen LogP contribution in [0.1, 0.15) is 10.4 Å². The number of aromatic nitrogens is 1. The second kappa shape index (κ2) is 5.14. The Hall–Kier alpha value is -1.95. The van der Waals surface area contributed by atoms with Gasteiger partial charge in [-0.25, -0.2) is 9.37 Å². The maximum Gasteiger partial charge on any atom is 0.258 e. The second-order valence-electron chi connectivity index (χ2n) is 3.45. The SMILES string of the molecule is O=C(Nc1ncccc1O)c1ccc(F)cc1Br. The maximum absolute atomic E-state index is 12.9. The fourth-order valence-corrected chi connectivity index (χ4v) is 1.87. The highest BCUT2D eigenvalue weighted by molar-refractivity contribution is 9.10. The second-order valence-corrected chi connectivity index (χ2v) is 4.30. The number of carbonyl (C=O) groups excluding carboxylic acids is 1. The number of rotatable bonds is 2. The van der Waals surface area contributed by atoms with Crippen molar-refractivity contribution in [1.82, 2.24) is 4.98 Å². The summed E-state index contributed by atoms with van der Waals surface area (Å²) < 4.78 is 13.2. The van der Waals surface area contributed by atoms with Crippen molar-refractivity contribution in [2.75, 3.05) is 5.32 Å². The molecule has 0 fully saturated rings. The standard InChI is InChI=1S/C12H8BrFN2O2/c13-9-6-7(14)3-4-8(9)12(18)16-11-10(17)2-1-5-15-11/h1-6,17H,(H,15,16,18). The van der Waals surface area contributed by atoms with E-state index in [1.54, 1.807) is 6.07 Å². The molecule has 2 rings (SSSR count). The zero-order chi connectivity index (χ0) is 13.1. The van der Waals surface area contributed by atoms with Crippen LogP contribution in [0.2, 0.25) is 0 Å². The Morgan fingerprint density at radius 1 is 1.39 bits per heavy atom.